The third-order valence-electron chi connectivity index (χ3n) is 1.90. The molecule has 2 N–H and O–H groups in total. The molecule has 1 aromatic carbocycles. The quantitative estimate of drug-likeness (QED) is 0.747. The maximum absolute atomic E-state index is 5.66. The zero-order valence-electron chi connectivity index (χ0n) is 8.34. The molecule has 0 aromatic heterocycles. The highest BCUT2D eigenvalue weighted by molar-refractivity contribution is 7.99. The largest absolute Gasteiger partial charge is 0.326 e. The number of hydrogen-bond donors (Lipinski definition) is 1. The number of aryl methyl sites for hydroxylation is 1. The van der Waals surface area contributed by atoms with Crippen molar-refractivity contribution in [1.82, 2.24) is 0 Å². The van der Waals surface area contributed by atoms with E-state index in [-0.39, 0.29) is 0 Å². The molecule has 0 atom stereocenters. The average molecular weight is 195 g/mol. The van der Waals surface area contributed by atoms with Crippen molar-refractivity contribution < 1.29 is 0 Å². The Morgan fingerprint density at radius 1 is 1.38 bits per heavy atom. The van der Waals surface area contributed by atoms with Gasteiger partial charge in [-0.25, -0.2) is 0 Å². The second-order valence-electron chi connectivity index (χ2n) is 3.16. The molecule has 0 amide bonds. The van der Waals surface area contributed by atoms with Gasteiger partial charge in [0.2, 0.25) is 0 Å². The Hall–Kier alpha value is -0.470. The van der Waals surface area contributed by atoms with Crippen molar-refractivity contribution >= 4 is 11.8 Å². The lowest BCUT2D eigenvalue weighted by Gasteiger charge is -2.07. The van der Waals surface area contributed by atoms with Crippen LogP contribution in [0.5, 0.6) is 0 Å². The van der Waals surface area contributed by atoms with Crippen molar-refractivity contribution in [2.24, 2.45) is 5.73 Å². The van der Waals surface area contributed by atoms with Crippen LogP contribution in [0.2, 0.25) is 0 Å². The van der Waals surface area contributed by atoms with E-state index in [1.807, 2.05) is 11.8 Å². The van der Waals surface area contributed by atoms with Crippen LogP contribution in [0, 0.1) is 6.92 Å². The highest BCUT2D eigenvalue weighted by Crippen LogP contribution is 2.24. The minimum absolute atomic E-state index is 0.645. The number of benzene rings is 1. The first-order chi connectivity index (χ1) is 6.27. The summed E-state index contributed by atoms with van der Waals surface area (Å²) < 4.78 is 0. The fourth-order valence-corrected chi connectivity index (χ4v) is 2.21. The minimum Gasteiger partial charge on any atom is -0.326 e. The van der Waals surface area contributed by atoms with Gasteiger partial charge in [-0.2, -0.15) is 0 Å². The monoisotopic (exact) mass is 195 g/mol. The summed E-state index contributed by atoms with van der Waals surface area (Å²) in [7, 11) is 0. The van der Waals surface area contributed by atoms with Crippen LogP contribution in [0.4, 0.5) is 0 Å². The third-order valence-corrected chi connectivity index (χ3v) is 3.21. The molecule has 0 aliphatic heterocycles. The summed E-state index contributed by atoms with van der Waals surface area (Å²) in [6.45, 7) is 4.97. The molecule has 0 radical (unpaired) electrons. The molecule has 2 heteroatoms. The van der Waals surface area contributed by atoms with E-state index in [9.17, 15) is 0 Å². The predicted molar refractivity (Wildman–Crippen MR) is 60.1 cm³/mol. The van der Waals surface area contributed by atoms with Gasteiger partial charge in [0.1, 0.15) is 0 Å². The maximum atomic E-state index is 5.66. The van der Waals surface area contributed by atoms with Gasteiger partial charge in [-0.05, 0) is 36.3 Å². The molecule has 0 bridgehead atoms. The normalized spacial score (nSPS) is 10.4. The van der Waals surface area contributed by atoms with E-state index in [1.165, 1.54) is 28.2 Å². The summed E-state index contributed by atoms with van der Waals surface area (Å²) in [5.41, 5.74) is 8.24. The Bertz CT molecular complexity index is 271. The summed E-state index contributed by atoms with van der Waals surface area (Å²) in [6.07, 6.45) is 1.21. The number of hydrogen-bond acceptors (Lipinski definition) is 2. The number of nitrogens with two attached hydrogens (primary N) is 1. The molecule has 1 rings (SSSR count). The van der Waals surface area contributed by atoms with Gasteiger partial charge in [0.15, 0.2) is 0 Å². The van der Waals surface area contributed by atoms with Gasteiger partial charge in [0.25, 0.3) is 0 Å². The Labute approximate surface area is 84.7 Å². The second-order valence-corrected chi connectivity index (χ2v) is 4.30. The van der Waals surface area contributed by atoms with Crippen molar-refractivity contribution in [2.75, 3.05) is 5.75 Å². The fourth-order valence-electron chi connectivity index (χ4n) is 1.18. The van der Waals surface area contributed by atoms with E-state index in [4.69, 9.17) is 5.73 Å². The molecule has 0 unspecified atom stereocenters. The number of rotatable bonds is 4. The molecule has 1 nitrogen and oxygen atoms in total. The van der Waals surface area contributed by atoms with Crippen LogP contribution >= 0.6 is 11.8 Å². The van der Waals surface area contributed by atoms with Crippen molar-refractivity contribution in [1.29, 1.82) is 0 Å². The molecule has 0 saturated heterocycles. The Balaban J connectivity index is 2.81. The molecule has 0 aliphatic carbocycles. The van der Waals surface area contributed by atoms with Crippen LogP contribution in [0.15, 0.2) is 23.1 Å². The van der Waals surface area contributed by atoms with E-state index in [2.05, 4.69) is 32.0 Å². The number of thioether (sulfide) groups is 1. The molecule has 13 heavy (non-hydrogen) atoms. The Morgan fingerprint density at radius 3 is 2.77 bits per heavy atom. The summed E-state index contributed by atoms with van der Waals surface area (Å²) >= 11 is 1.91. The van der Waals surface area contributed by atoms with Crippen molar-refractivity contribution in [3.8, 4) is 0 Å². The van der Waals surface area contributed by atoms with Gasteiger partial charge < -0.3 is 5.73 Å². The standard InChI is InChI=1S/C11H17NS/c1-3-6-13-11-7-9(2)4-5-10(11)8-12/h4-5,7H,3,6,8,12H2,1-2H3. The van der Waals surface area contributed by atoms with E-state index in [0.717, 1.165) is 0 Å². The predicted octanol–water partition coefficient (Wildman–Crippen LogP) is 2.96. The molecule has 72 valence electrons. The van der Waals surface area contributed by atoms with Gasteiger partial charge in [-0.3, -0.25) is 0 Å². The van der Waals surface area contributed by atoms with E-state index in [1.54, 1.807) is 0 Å². The summed E-state index contributed by atoms with van der Waals surface area (Å²) in [5.74, 6) is 1.18. The van der Waals surface area contributed by atoms with Crippen LogP contribution in [0.1, 0.15) is 24.5 Å². The summed E-state index contributed by atoms with van der Waals surface area (Å²) in [4.78, 5) is 1.35. The molecule has 0 aliphatic rings. The Kier molecular flexibility index (Phi) is 4.33. The van der Waals surface area contributed by atoms with Crippen molar-refractivity contribution in [2.45, 2.75) is 31.7 Å². The lowest BCUT2D eigenvalue weighted by atomic mass is 10.1. The van der Waals surface area contributed by atoms with Crippen LogP contribution < -0.4 is 5.73 Å². The SMILES string of the molecule is CCCSc1cc(C)ccc1CN. The van der Waals surface area contributed by atoms with Gasteiger partial charge in [-0.1, -0.05) is 19.1 Å². The second kappa shape index (κ2) is 5.30. The summed E-state index contributed by atoms with van der Waals surface area (Å²) in [5, 5.41) is 0. The van der Waals surface area contributed by atoms with Gasteiger partial charge in [-0.15, -0.1) is 11.8 Å². The van der Waals surface area contributed by atoms with Gasteiger partial charge in [0, 0.05) is 11.4 Å². The smallest absolute Gasteiger partial charge is 0.0189 e. The molecule has 0 fully saturated rings. The summed E-state index contributed by atoms with van der Waals surface area (Å²) in [6, 6.07) is 6.48. The average Bonchev–Trinajstić information content (AvgIpc) is 2.15. The topological polar surface area (TPSA) is 26.0 Å². The van der Waals surface area contributed by atoms with E-state index in [0.29, 0.717) is 6.54 Å². The maximum Gasteiger partial charge on any atom is 0.0189 e. The molecule has 0 heterocycles. The minimum atomic E-state index is 0.645. The van der Waals surface area contributed by atoms with Crippen LogP contribution in [-0.4, -0.2) is 5.75 Å². The van der Waals surface area contributed by atoms with E-state index < -0.39 is 0 Å². The van der Waals surface area contributed by atoms with Crippen LogP contribution in [-0.2, 0) is 6.54 Å². The van der Waals surface area contributed by atoms with Crippen molar-refractivity contribution in [3.63, 3.8) is 0 Å². The zero-order chi connectivity index (χ0) is 9.68. The first-order valence-electron chi connectivity index (χ1n) is 4.70. The third kappa shape index (κ3) is 3.05. The lowest BCUT2D eigenvalue weighted by molar-refractivity contribution is 1.02. The molecule has 0 spiro atoms. The highest BCUT2D eigenvalue weighted by Gasteiger charge is 2.00. The molecule has 1 aromatic rings. The van der Waals surface area contributed by atoms with Crippen LogP contribution in [0.3, 0.4) is 0 Å². The van der Waals surface area contributed by atoms with Crippen LogP contribution in [0.25, 0.3) is 0 Å². The zero-order valence-corrected chi connectivity index (χ0v) is 9.16. The molecule has 0 saturated carbocycles. The van der Waals surface area contributed by atoms with Gasteiger partial charge in [0.05, 0.1) is 0 Å². The first kappa shape index (κ1) is 10.6. The Morgan fingerprint density at radius 2 is 2.15 bits per heavy atom. The highest BCUT2D eigenvalue weighted by atomic mass is 32.2. The lowest BCUT2D eigenvalue weighted by Crippen LogP contribution is -1.98. The molecular formula is C11H17NS. The van der Waals surface area contributed by atoms with E-state index >= 15 is 0 Å². The molecular weight excluding hydrogens is 178 g/mol. The fraction of sp³-hybridized carbons (Fsp3) is 0.455. The van der Waals surface area contributed by atoms with Gasteiger partial charge >= 0.3 is 0 Å². The van der Waals surface area contributed by atoms with Crippen molar-refractivity contribution in [3.05, 3.63) is 29.3 Å². The first-order valence-corrected chi connectivity index (χ1v) is 5.69.